The molecule has 296 valence electrons. The average molecular weight is 808 g/mol. The van der Waals surface area contributed by atoms with E-state index in [1.54, 1.807) is 0 Å². The number of para-hydroxylation sites is 3. The molecule has 0 amide bonds. The fourth-order valence-electron chi connectivity index (χ4n) is 10.1. The van der Waals surface area contributed by atoms with Crippen molar-refractivity contribution >= 4 is 34.1 Å². The highest BCUT2D eigenvalue weighted by Crippen LogP contribution is 2.64. The highest BCUT2D eigenvalue weighted by Gasteiger charge is 2.52. The Morgan fingerprint density at radius 3 is 1.27 bits per heavy atom. The minimum Gasteiger partial charge on any atom is -0.310 e. The number of benzene rings is 10. The van der Waals surface area contributed by atoms with Gasteiger partial charge >= 0.3 is 0 Å². The summed E-state index contributed by atoms with van der Waals surface area (Å²) in [5, 5.41) is 0. The molecule has 0 aromatic heterocycles. The van der Waals surface area contributed by atoms with Crippen molar-refractivity contribution in [2.24, 2.45) is 0 Å². The van der Waals surface area contributed by atoms with Crippen LogP contribution >= 0.6 is 0 Å². The summed E-state index contributed by atoms with van der Waals surface area (Å²) in [4.78, 5) is 4.50. The second-order valence-corrected chi connectivity index (χ2v) is 16.1. The quantitative estimate of drug-likeness (QED) is 0.151. The van der Waals surface area contributed by atoms with Crippen molar-refractivity contribution in [3.05, 3.63) is 277 Å². The molecule has 10 aromatic rings. The zero-order valence-electron chi connectivity index (χ0n) is 39.3. The molecular formula is C61H42N2. The summed E-state index contributed by atoms with van der Waals surface area (Å²) in [5.74, 6) is 0. The van der Waals surface area contributed by atoms with Gasteiger partial charge in [-0.15, -0.1) is 0 Å². The molecule has 0 radical (unpaired) electrons. The summed E-state index contributed by atoms with van der Waals surface area (Å²) in [7, 11) is 0. The Balaban J connectivity index is 1.12. The predicted octanol–water partition coefficient (Wildman–Crippen LogP) is 16.3. The molecule has 2 nitrogen and oxygen atoms in total. The van der Waals surface area contributed by atoms with E-state index >= 15 is 0 Å². The normalized spacial score (nSPS) is 15.2. The highest BCUT2D eigenvalue weighted by molar-refractivity contribution is 5.98. The summed E-state index contributed by atoms with van der Waals surface area (Å²) in [6.45, 7) is 0. The Labute approximate surface area is 376 Å². The SMILES string of the molecule is [2H]c1c([2H])c([2H])c(-c2ccccc2N(c2ccc(-c3ccccc3)cc2)c2ccc3c(c2)C2(c4ccccc4-c4ccc(N(c5ccccc5)c5ccccc5)cc42)c2ccccc2-3)c([2H])c1[2H]. The summed E-state index contributed by atoms with van der Waals surface area (Å²) >= 11 is 0. The number of nitrogens with zero attached hydrogens (tertiary/aromatic N) is 2. The molecule has 63 heavy (non-hydrogen) atoms. The van der Waals surface area contributed by atoms with Crippen LogP contribution in [0.1, 0.15) is 29.1 Å². The van der Waals surface area contributed by atoms with E-state index in [2.05, 4.69) is 192 Å². The third-order valence-corrected chi connectivity index (χ3v) is 12.7. The lowest BCUT2D eigenvalue weighted by Crippen LogP contribution is -2.26. The van der Waals surface area contributed by atoms with E-state index in [1.165, 1.54) is 33.4 Å². The molecule has 2 aliphatic carbocycles. The van der Waals surface area contributed by atoms with Crippen LogP contribution in [0.3, 0.4) is 0 Å². The first kappa shape index (κ1) is 31.6. The Hall–Kier alpha value is -8.20. The maximum Gasteiger partial charge on any atom is 0.0727 e. The minimum atomic E-state index is -0.710. The summed E-state index contributed by atoms with van der Waals surface area (Å²) in [5.41, 5.74) is 17.1. The second-order valence-electron chi connectivity index (χ2n) is 16.1. The van der Waals surface area contributed by atoms with Crippen LogP contribution in [0.25, 0.3) is 44.5 Å². The van der Waals surface area contributed by atoms with Crippen LogP contribution in [0.5, 0.6) is 0 Å². The molecule has 0 bridgehead atoms. The van der Waals surface area contributed by atoms with Crippen molar-refractivity contribution in [2.45, 2.75) is 5.41 Å². The summed E-state index contributed by atoms with van der Waals surface area (Å²) in [6, 6.07) is 77.0. The van der Waals surface area contributed by atoms with Crippen molar-refractivity contribution in [1.82, 2.24) is 0 Å². The first-order chi connectivity index (χ1) is 33.3. The van der Waals surface area contributed by atoms with Crippen molar-refractivity contribution in [3.8, 4) is 44.5 Å². The standard InChI is InChI=1S/C61H42N2/c1-5-19-43(20-6-1)44-33-35-48(36-34-44)63(60-32-18-15-27-51(60)45-21-7-2-8-22-45)50-38-40-55-53-29-14-17-31-57(53)61(59(55)42-50)56-30-16-13-28-52(56)54-39-37-49(41-58(54)61)62(46-23-9-3-10-24-46)47-25-11-4-12-26-47/h1-42H/i2D,7D,8D,21D,22D. The monoisotopic (exact) mass is 807 g/mol. The number of rotatable bonds is 8. The smallest absolute Gasteiger partial charge is 0.0727 e. The lowest BCUT2D eigenvalue weighted by Gasteiger charge is -2.33. The average Bonchev–Trinajstić information content (AvgIpc) is 3.86. The zero-order chi connectivity index (χ0) is 46.1. The van der Waals surface area contributed by atoms with Gasteiger partial charge in [-0.1, -0.05) is 188 Å². The van der Waals surface area contributed by atoms with Crippen molar-refractivity contribution < 1.29 is 6.85 Å². The highest BCUT2D eigenvalue weighted by atomic mass is 15.1. The van der Waals surface area contributed by atoms with E-state index < -0.39 is 11.5 Å². The van der Waals surface area contributed by atoms with Gasteiger partial charge in [0.15, 0.2) is 0 Å². The molecule has 0 aliphatic heterocycles. The Kier molecular flexibility index (Phi) is 7.56. The molecule has 2 aliphatic rings. The molecule has 0 heterocycles. The molecule has 0 fully saturated rings. The van der Waals surface area contributed by atoms with E-state index in [0.29, 0.717) is 11.3 Å². The van der Waals surface area contributed by atoms with E-state index in [4.69, 9.17) is 6.85 Å². The van der Waals surface area contributed by atoms with E-state index in [0.717, 1.165) is 50.7 Å². The van der Waals surface area contributed by atoms with Gasteiger partial charge in [0, 0.05) is 34.0 Å². The number of anilines is 6. The number of hydrogen-bond donors (Lipinski definition) is 0. The van der Waals surface area contributed by atoms with Crippen LogP contribution in [0.2, 0.25) is 0 Å². The third kappa shape index (κ3) is 5.87. The predicted molar refractivity (Wildman–Crippen MR) is 263 cm³/mol. The first-order valence-corrected chi connectivity index (χ1v) is 21.4. The van der Waals surface area contributed by atoms with Gasteiger partial charge in [-0.2, -0.15) is 0 Å². The van der Waals surface area contributed by atoms with Gasteiger partial charge in [0.25, 0.3) is 0 Å². The fourth-order valence-corrected chi connectivity index (χ4v) is 10.1. The molecule has 12 rings (SSSR count). The summed E-state index contributed by atoms with van der Waals surface area (Å²) < 4.78 is 44.0. The molecule has 0 saturated carbocycles. The van der Waals surface area contributed by atoms with Crippen LogP contribution < -0.4 is 9.80 Å². The minimum absolute atomic E-state index is 0.148. The molecule has 0 N–H and O–H groups in total. The second kappa shape index (κ2) is 15.1. The molecular weight excluding hydrogens is 761 g/mol. The maximum atomic E-state index is 9.13. The van der Waals surface area contributed by atoms with Gasteiger partial charge in [0.1, 0.15) is 0 Å². The topological polar surface area (TPSA) is 6.48 Å². The molecule has 1 spiro atoms. The lowest BCUT2D eigenvalue weighted by molar-refractivity contribution is 0.793. The van der Waals surface area contributed by atoms with Crippen LogP contribution in [-0.4, -0.2) is 0 Å². The molecule has 10 aromatic carbocycles. The zero-order valence-corrected chi connectivity index (χ0v) is 34.3. The van der Waals surface area contributed by atoms with Gasteiger partial charge in [0.05, 0.1) is 18.0 Å². The Bertz CT molecular complexity index is 3500. The van der Waals surface area contributed by atoms with E-state index in [9.17, 15) is 0 Å². The molecule has 0 saturated heterocycles. The first-order valence-electron chi connectivity index (χ1n) is 23.9. The molecule has 1 unspecified atom stereocenters. The fraction of sp³-hybridized carbons (Fsp3) is 0.0164. The molecule has 1 atom stereocenters. The largest absolute Gasteiger partial charge is 0.310 e. The van der Waals surface area contributed by atoms with Crippen molar-refractivity contribution in [3.63, 3.8) is 0 Å². The van der Waals surface area contributed by atoms with Crippen LogP contribution in [0.15, 0.2) is 255 Å². The Morgan fingerprint density at radius 2 is 0.698 bits per heavy atom. The van der Waals surface area contributed by atoms with Gasteiger partial charge in [-0.3, -0.25) is 0 Å². The van der Waals surface area contributed by atoms with Gasteiger partial charge in [-0.25, -0.2) is 0 Å². The lowest BCUT2D eigenvalue weighted by atomic mass is 9.70. The van der Waals surface area contributed by atoms with Crippen LogP contribution in [-0.2, 0) is 5.41 Å². The third-order valence-electron chi connectivity index (χ3n) is 12.7. The maximum absolute atomic E-state index is 9.13. The van der Waals surface area contributed by atoms with E-state index in [-0.39, 0.29) is 29.7 Å². The van der Waals surface area contributed by atoms with Gasteiger partial charge < -0.3 is 9.80 Å². The van der Waals surface area contributed by atoms with Crippen molar-refractivity contribution in [2.75, 3.05) is 9.80 Å². The van der Waals surface area contributed by atoms with E-state index in [1.807, 2.05) is 42.5 Å². The van der Waals surface area contributed by atoms with Crippen molar-refractivity contribution in [1.29, 1.82) is 0 Å². The summed E-state index contributed by atoms with van der Waals surface area (Å²) in [6.07, 6.45) is 0. The van der Waals surface area contributed by atoms with Crippen LogP contribution in [0, 0.1) is 0 Å². The number of hydrogen-bond acceptors (Lipinski definition) is 2. The molecule has 2 heteroatoms. The number of fused-ring (bicyclic) bond motifs is 10. The Morgan fingerprint density at radius 1 is 0.286 bits per heavy atom. The van der Waals surface area contributed by atoms with Gasteiger partial charge in [0.2, 0.25) is 0 Å². The van der Waals surface area contributed by atoms with Gasteiger partial charge in [-0.05, 0) is 128 Å². The van der Waals surface area contributed by atoms with Crippen LogP contribution in [0.4, 0.5) is 34.1 Å².